The highest BCUT2D eigenvalue weighted by molar-refractivity contribution is 9.10. The van der Waals surface area contributed by atoms with E-state index in [4.69, 9.17) is 5.26 Å². The van der Waals surface area contributed by atoms with E-state index in [0.29, 0.717) is 10.0 Å². The Kier molecular flexibility index (Phi) is 3.63. The number of nitrogens with zero attached hydrogens (tertiary/aromatic N) is 1. The molecule has 90 valence electrons. The number of benzene rings is 2. The molecule has 0 amide bonds. The molecule has 2 aromatic rings. The second kappa shape index (κ2) is 5.19. The Hall–Kier alpha value is -1.86. The quantitative estimate of drug-likeness (QED) is 0.886. The topological polar surface area (TPSA) is 35.8 Å². The fraction of sp³-hybridized carbons (Fsp3) is 0.0714. The summed E-state index contributed by atoms with van der Waals surface area (Å²) in [5.74, 6) is -0.288. The average Bonchev–Trinajstić information content (AvgIpc) is 2.34. The van der Waals surface area contributed by atoms with Crippen molar-refractivity contribution < 1.29 is 4.39 Å². The smallest absolute Gasteiger partial charge is 0.124 e. The first kappa shape index (κ1) is 12.6. The van der Waals surface area contributed by atoms with Gasteiger partial charge in [0.15, 0.2) is 0 Å². The van der Waals surface area contributed by atoms with Crippen LogP contribution in [0.4, 0.5) is 15.8 Å². The Morgan fingerprint density at radius 1 is 1.17 bits per heavy atom. The van der Waals surface area contributed by atoms with Gasteiger partial charge in [-0.3, -0.25) is 0 Å². The molecule has 0 saturated heterocycles. The molecule has 2 nitrogen and oxygen atoms in total. The molecule has 18 heavy (non-hydrogen) atoms. The van der Waals surface area contributed by atoms with E-state index in [1.54, 1.807) is 18.2 Å². The summed E-state index contributed by atoms with van der Waals surface area (Å²) in [6.07, 6.45) is 0. The summed E-state index contributed by atoms with van der Waals surface area (Å²) in [6, 6.07) is 11.9. The molecular weight excluding hydrogens is 295 g/mol. The van der Waals surface area contributed by atoms with Gasteiger partial charge in [-0.1, -0.05) is 0 Å². The van der Waals surface area contributed by atoms with Crippen molar-refractivity contribution in [1.82, 2.24) is 0 Å². The van der Waals surface area contributed by atoms with Gasteiger partial charge in [0.1, 0.15) is 5.82 Å². The van der Waals surface area contributed by atoms with Crippen LogP contribution in [0.3, 0.4) is 0 Å². The molecule has 0 unspecified atom stereocenters. The zero-order chi connectivity index (χ0) is 13.1. The molecule has 2 aromatic carbocycles. The normalized spacial score (nSPS) is 9.89. The third kappa shape index (κ3) is 2.69. The standard InChI is InChI=1S/C14H10BrFN2/c1-9-6-10(8-17)2-4-13(9)18-14-5-3-11(16)7-12(14)15/h2-7,18H,1H3. The fourth-order valence-electron chi connectivity index (χ4n) is 1.61. The number of rotatable bonds is 2. The van der Waals surface area contributed by atoms with Crippen molar-refractivity contribution in [3.8, 4) is 6.07 Å². The first-order valence-corrected chi connectivity index (χ1v) is 6.12. The molecule has 0 saturated carbocycles. The Morgan fingerprint density at radius 2 is 1.89 bits per heavy atom. The summed E-state index contributed by atoms with van der Waals surface area (Å²) < 4.78 is 13.6. The Balaban J connectivity index is 2.32. The molecule has 0 fully saturated rings. The van der Waals surface area contributed by atoms with E-state index in [9.17, 15) is 4.39 Å². The molecule has 0 bridgehead atoms. The molecular formula is C14H10BrFN2. The van der Waals surface area contributed by atoms with Gasteiger partial charge in [-0.05, 0) is 64.8 Å². The largest absolute Gasteiger partial charge is 0.354 e. The SMILES string of the molecule is Cc1cc(C#N)ccc1Nc1ccc(F)cc1Br. The summed E-state index contributed by atoms with van der Waals surface area (Å²) in [4.78, 5) is 0. The zero-order valence-corrected chi connectivity index (χ0v) is 11.3. The third-order valence-electron chi connectivity index (χ3n) is 2.56. The highest BCUT2D eigenvalue weighted by Gasteiger charge is 2.04. The summed E-state index contributed by atoms with van der Waals surface area (Å²) in [7, 11) is 0. The van der Waals surface area contributed by atoms with Gasteiger partial charge in [-0.2, -0.15) is 5.26 Å². The van der Waals surface area contributed by atoms with Gasteiger partial charge >= 0.3 is 0 Å². The molecule has 0 aromatic heterocycles. The lowest BCUT2D eigenvalue weighted by Crippen LogP contribution is -1.95. The maximum atomic E-state index is 13.0. The number of anilines is 2. The van der Waals surface area contributed by atoms with Gasteiger partial charge in [0.05, 0.1) is 17.3 Å². The average molecular weight is 305 g/mol. The maximum Gasteiger partial charge on any atom is 0.124 e. The second-order valence-electron chi connectivity index (χ2n) is 3.89. The maximum absolute atomic E-state index is 13.0. The molecule has 0 heterocycles. The van der Waals surface area contributed by atoms with Gasteiger partial charge in [-0.15, -0.1) is 0 Å². The van der Waals surface area contributed by atoms with Crippen molar-refractivity contribution in [2.45, 2.75) is 6.92 Å². The molecule has 0 aliphatic carbocycles. The van der Waals surface area contributed by atoms with Crippen molar-refractivity contribution in [3.05, 3.63) is 57.8 Å². The number of aryl methyl sites for hydroxylation is 1. The molecule has 0 aliphatic rings. The van der Waals surface area contributed by atoms with E-state index in [1.165, 1.54) is 12.1 Å². The van der Waals surface area contributed by atoms with Crippen molar-refractivity contribution in [1.29, 1.82) is 5.26 Å². The van der Waals surface area contributed by atoms with E-state index in [0.717, 1.165) is 16.9 Å². The molecule has 0 atom stereocenters. The predicted octanol–water partition coefficient (Wildman–Crippen LogP) is 4.51. The number of nitrogens with one attached hydrogen (secondary N) is 1. The summed E-state index contributed by atoms with van der Waals surface area (Å²) in [5, 5.41) is 12.0. The lowest BCUT2D eigenvalue weighted by molar-refractivity contribution is 0.627. The van der Waals surface area contributed by atoms with E-state index in [-0.39, 0.29) is 5.82 Å². The summed E-state index contributed by atoms with van der Waals surface area (Å²) in [5.41, 5.74) is 3.26. The lowest BCUT2D eigenvalue weighted by atomic mass is 10.1. The van der Waals surface area contributed by atoms with Crippen LogP contribution in [0.15, 0.2) is 40.9 Å². The van der Waals surface area contributed by atoms with Crippen molar-refractivity contribution in [2.24, 2.45) is 0 Å². The second-order valence-corrected chi connectivity index (χ2v) is 4.75. The molecule has 0 aliphatic heterocycles. The van der Waals surface area contributed by atoms with Gasteiger partial charge < -0.3 is 5.32 Å². The van der Waals surface area contributed by atoms with E-state index >= 15 is 0 Å². The van der Waals surface area contributed by atoms with Crippen LogP contribution < -0.4 is 5.32 Å². The van der Waals surface area contributed by atoms with Gasteiger partial charge in [-0.25, -0.2) is 4.39 Å². The minimum Gasteiger partial charge on any atom is -0.354 e. The Labute approximate surface area is 113 Å². The minimum atomic E-state index is -0.288. The number of hydrogen-bond acceptors (Lipinski definition) is 2. The first-order chi connectivity index (χ1) is 8.60. The number of hydrogen-bond donors (Lipinski definition) is 1. The molecule has 1 N–H and O–H groups in total. The van der Waals surface area contributed by atoms with Crippen molar-refractivity contribution in [3.63, 3.8) is 0 Å². The van der Waals surface area contributed by atoms with Gasteiger partial charge in [0.2, 0.25) is 0 Å². The van der Waals surface area contributed by atoms with Crippen LogP contribution in [0.25, 0.3) is 0 Å². The van der Waals surface area contributed by atoms with Crippen molar-refractivity contribution >= 4 is 27.3 Å². The van der Waals surface area contributed by atoms with Crippen LogP contribution in [0.5, 0.6) is 0 Å². The van der Waals surface area contributed by atoms with Gasteiger partial charge in [0.25, 0.3) is 0 Å². The van der Waals surface area contributed by atoms with Crippen LogP contribution in [0.1, 0.15) is 11.1 Å². The van der Waals surface area contributed by atoms with Crippen LogP contribution in [-0.2, 0) is 0 Å². The molecule has 0 spiro atoms. The predicted molar refractivity (Wildman–Crippen MR) is 73.3 cm³/mol. The minimum absolute atomic E-state index is 0.288. The van der Waals surface area contributed by atoms with Crippen LogP contribution >= 0.6 is 15.9 Å². The highest BCUT2D eigenvalue weighted by Crippen LogP contribution is 2.28. The van der Waals surface area contributed by atoms with Crippen LogP contribution in [-0.4, -0.2) is 0 Å². The number of halogens is 2. The first-order valence-electron chi connectivity index (χ1n) is 5.33. The van der Waals surface area contributed by atoms with Crippen LogP contribution in [0, 0.1) is 24.1 Å². The highest BCUT2D eigenvalue weighted by atomic mass is 79.9. The van der Waals surface area contributed by atoms with E-state index in [1.807, 2.05) is 13.0 Å². The van der Waals surface area contributed by atoms with Crippen molar-refractivity contribution in [2.75, 3.05) is 5.32 Å². The molecule has 0 radical (unpaired) electrons. The Bertz CT molecular complexity index is 632. The van der Waals surface area contributed by atoms with E-state index in [2.05, 4.69) is 27.3 Å². The Morgan fingerprint density at radius 3 is 2.50 bits per heavy atom. The van der Waals surface area contributed by atoms with Gasteiger partial charge in [0, 0.05) is 10.2 Å². The fourth-order valence-corrected chi connectivity index (χ4v) is 2.06. The van der Waals surface area contributed by atoms with Crippen LogP contribution in [0.2, 0.25) is 0 Å². The van der Waals surface area contributed by atoms with E-state index < -0.39 is 0 Å². The summed E-state index contributed by atoms with van der Waals surface area (Å²) in [6.45, 7) is 1.92. The number of nitriles is 1. The zero-order valence-electron chi connectivity index (χ0n) is 9.67. The molecule has 4 heteroatoms. The lowest BCUT2D eigenvalue weighted by Gasteiger charge is -2.11. The summed E-state index contributed by atoms with van der Waals surface area (Å²) >= 11 is 3.30. The molecule has 2 rings (SSSR count). The monoisotopic (exact) mass is 304 g/mol. The third-order valence-corrected chi connectivity index (χ3v) is 3.21.